The molecule has 0 atom stereocenters. The van der Waals surface area contributed by atoms with Crippen molar-refractivity contribution in [1.82, 2.24) is 10.2 Å². The van der Waals surface area contributed by atoms with Crippen LogP contribution in [0.4, 0.5) is 0 Å². The molecule has 6 heteroatoms. The number of carboxylic acids is 1. The van der Waals surface area contributed by atoms with Crippen LogP contribution in [-0.4, -0.2) is 21.3 Å². The van der Waals surface area contributed by atoms with Crippen molar-refractivity contribution in [2.24, 2.45) is 0 Å². The molecule has 2 rings (SSSR count). The Hall–Kier alpha value is -1.44. The Morgan fingerprint density at radius 2 is 1.93 bits per heavy atom. The molecule has 0 saturated heterocycles. The van der Waals surface area contributed by atoms with Gasteiger partial charge >= 0.3 is 11.9 Å². The van der Waals surface area contributed by atoms with E-state index in [2.05, 4.69) is 32.8 Å². The van der Waals surface area contributed by atoms with Gasteiger partial charge in [-0.05, 0) is 46.9 Å². The van der Waals surface area contributed by atoms with E-state index in [0.717, 1.165) is 3.57 Å². The number of carboxylic acid groups (broad SMARTS) is 1. The normalized spacial score (nSPS) is 10.2. The third kappa shape index (κ3) is 2.14. The van der Waals surface area contributed by atoms with Crippen LogP contribution in [0.15, 0.2) is 28.7 Å². The van der Waals surface area contributed by atoms with Crippen molar-refractivity contribution in [3.05, 3.63) is 33.7 Å². The summed E-state index contributed by atoms with van der Waals surface area (Å²) in [5.74, 6) is -1.41. The molecule has 1 aromatic heterocycles. The number of rotatable bonds is 2. The Labute approximate surface area is 98.3 Å². The Morgan fingerprint density at radius 3 is 2.47 bits per heavy atom. The van der Waals surface area contributed by atoms with E-state index in [0.29, 0.717) is 5.56 Å². The first-order valence-electron chi connectivity index (χ1n) is 3.99. The van der Waals surface area contributed by atoms with E-state index in [9.17, 15) is 4.79 Å². The van der Waals surface area contributed by atoms with Gasteiger partial charge in [-0.15, -0.1) is 10.2 Å². The first-order valence-corrected chi connectivity index (χ1v) is 5.07. The molecule has 0 radical (unpaired) electrons. The SMILES string of the molecule is O=C(O)c1nnc(-c2ccc(I)cc2)o1. The van der Waals surface area contributed by atoms with E-state index in [1.54, 1.807) is 12.1 Å². The van der Waals surface area contributed by atoms with Crippen LogP contribution in [0.3, 0.4) is 0 Å². The van der Waals surface area contributed by atoms with Crippen molar-refractivity contribution in [3.63, 3.8) is 0 Å². The molecule has 0 aliphatic rings. The Kier molecular flexibility index (Phi) is 2.67. The van der Waals surface area contributed by atoms with Gasteiger partial charge in [-0.25, -0.2) is 4.79 Å². The predicted octanol–water partition coefficient (Wildman–Crippen LogP) is 2.04. The lowest BCUT2D eigenvalue weighted by Crippen LogP contribution is -1.95. The molecule has 0 unspecified atom stereocenters. The molecule has 0 amide bonds. The van der Waals surface area contributed by atoms with E-state index in [-0.39, 0.29) is 5.89 Å². The summed E-state index contributed by atoms with van der Waals surface area (Å²) in [5, 5.41) is 15.6. The summed E-state index contributed by atoms with van der Waals surface area (Å²) in [5.41, 5.74) is 0.704. The summed E-state index contributed by atoms with van der Waals surface area (Å²) in [4.78, 5) is 10.5. The number of aromatic carboxylic acids is 1. The second-order valence-electron chi connectivity index (χ2n) is 2.72. The number of hydrogen-bond donors (Lipinski definition) is 1. The van der Waals surface area contributed by atoms with Gasteiger partial charge < -0.3 is 9.52 Å². The second-order valence-corrected chi connectivity index (χ2v) is 3.97. The van der Waals surface area contributed by atoms with Crippen LogP contribution in [0.1, 0.15) is 10.7 Å². The summed E-state index contributed by atoms with van der Waals surface area (Å²) in [6.07, 6.45) is 0. The predicted molar refractivity (Wildman–Crippen MR) is 59.4 cm³/mol. The number of benzene rings is 1. The number of halogens is 1. The number of aromatic nitrogens is 2. The lowest BCUT2D eigenvalue weighted by Gasteiger charge is -1.93. The molecule has 0 saturated carbocycles. The summed E-state index contributed by atoms with van der Waals surface area (Å²) < 4.78 is 6.02. The molecule has 1 aromatic carbocycles. The first kappa shape index (κ1) is 10.1. The zero-order valence-electron chi connectivity index (χ0n) is 7.35. The first-order chi connectivity index (χ1) is 7.16. The van der Waals surface area contributed by atoms with E-state index in [4.69, 9.17) is 9.52 Å². The van der Waals surface area contributed by atoms with Crippen molar-refractivity contribution in [3.8, 4) is 11.5 Å². The standard InChI is InChI=1S/C9H5IN2O3/c10-6-3-1-5(2-4-6)7-11-12-8(15-7)9(13)14/h1-4H,(H,13,14). The van der Waals surface area contributed by atoms with E-state index >= 15 is 0 Å². The molecule has 76 valence electrons. The highest BCUT2D eigenvalue weighted by atomic mass is 127. The minimum absolute atomic E-state index is 0.212. The van der Waals surface area contributed by atoms with Gasteiger partial charge in [0.15, 0.2) is 0 Å². The van der Waals surface area contributed by atoms with Crippen LogP contribution in [0.2, 0.25) is 0 Å². The lowest BCUT2D eigenvalue weighted by molar-refractivity contribution is 0.0654. The fourth-order valence-electron chi connectivity index (χ4n) is 1.02. The van der Waals surface area contributed by atoms with Crippen molar-refractivity contribution in [1.29, 1.82) is 0 Å². The third-order valence-electron chi connectivity index (χ3n) is 1.70. The van der Waals surface area contributed by atoms with Crippen LogP contribution < -0.4 is 0 Å². The zero-order chi connectivity index (χ0) is 10.8. The summed E-state index contributed by atoms with van der Waals surface area (Å²) >= 11 is 2.17. The molecule has 0 fully saturated rings. The molecular weight excluding hydrogens is 311 g/mol. The fourth-order valence-corrected chi connectivity index (χ4v) is 1.38. The van der Waals surface area contributed by atoms with E-state index in [1.807, 2.05) is 12.1 Å². The molecule has 1 N–H and O–H groups in total. The number of nitrogens with zero attached hydrogens (tertiary/aromatic N) is 2. The Morgan fingerprint density at radius 1 is 1.27 bits per heavy atom. The van der Waals surface area contributed by atoms with Crippen LogP contribution in [0.5, 0.6) is 0 Å². The van der Waals surface area contributed by atoms with Crippen molar-refractivity contribution < 1.29 is 14.3 Å². The van der Waals surface area contributed by atoms with Crippen molar-refractivity contribution in [2.45, 2.75) is 0 Å². The molecule has 0 spiro atoms. The summed E-state index contributed by atoms with van der Waals surface area (Å²) in [7, 11) is 0. The highest BCUT2D eigenvalue weighted by Crippen LogP contribution is 2.18. The maximum atomic E-state index is 10.5. The number of hydrogen-bond acceptors (Lipinski definition) is 4. The van der Waals surface area contributed by atoms with Gasteiger partial charge in [-0.2, -0.15) is 0 Å². The molecule has 0 bridgehead atoms. The summed E-state index contributed by atoms with van der Waals surface area (Å²) in [6, 6.07) is 7.34. The average molecular weight is 316 g/mol. The van der Waals surface area contributed by atoms with Crippen LogP contribution in [0.25, 0.3) is 11.5 Å². The topological polar surface area (TPSA) is 76.2 Å². The van der Waals surface area contributed by atoms with E-state index in [1.165, 1.54) is 0 Å². The van der Waals surface area contributed by atoms with Crippen molar-refractivity contribution >= 4 is 28.6 Å². The third-order valence-corrected chi connectivity index (χ3v) is 2.42. The maximum Gasteiger partial charge on any atom is 0.393 e. The Balaban J connectivity index is 2.37. The van der Waals surface area contributed by atoms with Gasteiger partial charge in [0.2, 0.25) is 5.89 Å². The molecule has 2 aromatic rings. The number of carbonyl (C=O) groups is 1. The quantitative estimate of drug-likeness (QED) is 0.858. The van der Waals surface area contributed by atoms with E-state index < -0.39 is 11.9 Å². The molecular formula is C9H5IN2O3. The summed E-state index contributed by atoms with van der Waals surface area (Å²) in [6.45, 7) is 0. The maximum absolute atomic E-state index is 10.5. The Bertz CT molecular complexity index is 492. The van der Waals surface area contributed by atoms with Gasteiger partial charge in [0.05, 0.1) is 0 Å². The molecule has 15 heavy (non-hydrogen) atoms. The van der Waals surface area contributed by atoms with Crippen LogP contribution in [0, 0.1) is 3.57 Å². The van der Waals surface area contributed by atoms with Gasteiger partial charge in [0.1, 0.15) is 0 Å². The molecule has 0 aliphatic carbocycles. The zero-order valence-corrected chi connectivity index (χ0v) is 9.50. The van der Waals surface area contributed by atoms with Crippen LogP contribution in [-0.2, 0) is 0 Å². The molecule has 0 aliphatic heterocycles. The molecule has 5 nitrogen and oxygen atoms in total. The average Bonchev–Trinajstić information content (AvgIpc) is 2.68. The smallest absolute Gasteiger partial charge is 0.393 e. The van der Waals surface area contributed by atoms with Gasteiger partial charge in [0, 0.05) is 9.13 Å². The second kappa shape index (κ2) is 3.97. The highest BCUT2D eigenvalue weighted by Gasteiger charge is 2.13. The monoisotopic (exact) mass is 316 g/mol. The molecule has 1 heterocycles. The van der Waals surface area contributed by atoms with Gasteiger partial charge in [-0.3, -0.25) is 0 Å². The highest BCUT2D eigenvalue weighted by molar-refractivity contribution is 14.1. The van der Waals surface area contributed by atoms with Crippen LogP contribution >= 0.6 is 22.6 Å². The fraction of sp³-hybridized carbons (Fsp3) is 0. The largest absolute Gasteiger partial charge is 0.474 e. The lowest BCUT2D eigenvalue weighted by atomic mass is 10.2. The van der Waals surface area contributed by atoms with Gasteiger partial charge in [-0.1, -0.05) is 0 Å². The minimum atomic E-state index is -1.22. The van der Waals surface area contributed by atoms with Gasteiger partial charge in [0.25, 0.3) is 0 Å². The van der Waals surface area contributed by atoms with Crippen molar-refractivity contribution in [2.75, 3.05) is 0 Å². The minimum Gasteiger partial charge on any atom is -0.474 e.